The molecule has 1 saturated heterocycles. The number of thiocyanates is 1. The SMILES string of the molecule is CC(=O)N=C1N(c2ccccc2)C(=O)/C(=C\c2ccc(C)cc2)S1(C#N)c1ccc(Cl)cc1Cl. The van der Waals surface area contributed by atoms with Crippen LogP contribution in [0.1, 0.15) is 18.1 Å². The molecule has 2 amide bonds. The Morgan fingerprint density at radius 3 is 2.32 bits per heavy atom. The summed E-state index contributed by atoms with van der Waals surface area (Å²) in [5.74, 6) is -0.966. The predicted octanol–water partition coefficient (Wildman–Crippen LogP) is 6.94. The van der Waals surface area contributed by atoms with Crippen LogP contribution in [0.2, 0.25) is 10.0 Å². The van der Waals surface area contributed by atoms with Gasteiger partial charge in [-0.1, -0.05) is 71.2 Å². The minimum absolute atomic E-state index is 0.0567. The standard InChI is InChI=1S/C26H19Cl2N3O2S/c1-17-8-10-19(11-9-17)14-24-25(33)31(21-6-4-3-5-7-21)26(30-18(2)32)34(24,16-29)23-13-12-20(27)15-22(23)28/h3-15H,1-2H3/b24-14+,30-26?. The molecular weight excluding hydrogens is 489 g/mol. The smallest absolute Gasteiger partial charge is 0.271 e. The van der Waals surface area contributed by atoms with Crippen molar-refractivity contribution in [2.24, 2.45) is 4.99 Å². The maximum Gasteiger partial charge on any atom is 0.271 e. The van der Waals surface area contributed by atoms with Crippen LogP contribution in [0.15, 0.2) is 87.6 Å². The number of amides is 2. The van der Waals surface area contributed by atoms with Gasteiger partial charge in [-0.2, -0.15) is 10.3 Å². The summed E-state index contributed by atoms with van der Waals surface area (Å²) in [6, 6.07) is 21.2. The molecule has 3 aromatic rings. The number of anilines is 1. The Kier molecular flexibility index (Phi) is 6.63. The first-order valence-corrected chi connectivity index (χ1v) is 12.6. The Hall–Kier alpha value is -3.37. The highest BCUT2D eigenvalue weighted by Gasteiger charge is 2.53. The lowest BCUT2D eigenvalue weighted by Crippen LogP contribution is -2.30. The van der Waals surface area contributed by atoms with Gasteiger partial charge in [-0.3, -0.25) is 14.5 Å². The van der Waals surface area contributed by atoms with Crippen LogP contribution < -0.4 is 4.90 Å². The van der Waals surface area contributed by atoms with Gasteiger partial charge in [-0.05, 0) is 58.9 Å². The third-order valence-electron chi connectivity index (χ3n) is 5.21. The topological polar surface area (TPSA) is 73.5 Å². The zero-order chi connectivity index (χ0) is 24.5. The number of hydrogen-bond donors (Lipinski definition) is 0. The molecule has 3 aromatic carbocycles. The molecule has 34 heavy (non-hydrogen) atoms. The fourth-order valence-corrected chi connectivity index (χ4v) is 7.35. The van der Waals surface area contributed by atoms with Gasteiger partial charge in [0.1, 0.15) is 5.40 Å². The minimum atomic E-state index is -2.98. The van der Waals surface area contributed by atoms with E-state index in [1.807, 2.05) is 37.3 Å². The number of carbonyl (C=O) groups is 2. The van der Waals surface area contributed by atoms with Crippen molar-refractivity contribution in [3.05, 3.63) is 98.9 Å². The van der Waals surface area contributed by atoms with Crippen LogP contribution in [0.4, 0.5) is 5.69 Å². The summed E-state index contributed by atoms with van der Waals surface area (Å²) in [5.41, 5.74) is 2.30. The van der Waals surface area contributed by atoms with Gasteiger partial charge in [-0.15, -0.1) is 0 Å². The molecular formula is C26H19Cl2N3O2S. The van der Waals surface area contributed by atoms with E-state index in [0.29, 0.717) is 15.6 Å². The highest BCUT2D eigenvalue weighted by Crippen LogP contribution is 2.69. The van der Waals surface area contributed by atoms with Gasteiger partial charge in [0, 0.05) is 16.8 Å². The number of hydrogen-bond acceptors (Lipinski definition) is 3. The van der Waals surface area contributed by atoms with Gasteiger partial charge in [-0.25, -0.2) is 0 Å². The third-order valence-corrected chi connectivity index (χ3v) is 8.94. The number of aliphatic imine (C=N–C) groups is 1. The lowest BCUT2D eigenvalue weighted by Gasteiger charge is -2.30. The molecule has 1 unspecified atom stereocenters. The summed E-state index contributed by atoms with van der Waals surface area (Å²) < 4.78 is 0. The number of aryl methyl sites for hydroxylation is 1. The average Bonchev–Trinajstić information content (AvgIpc) is 3.03. The van der Waals surface area contributed by atoms with E-state index in [1.165, 1.54) is 17.9 Å². The van der Waals surface area contributed by atoms with Crippen LogP contribution in [0.3, 0.4) is 0 Å². The quantitative estimate of drug-likeness (QED) is 0.284. The van der Waals surface area contributed by atoms with Crippen molar-refractivity contribution in [2.75, 3.05) is 4.90 Å². The number of rotatable bonds is 3. The highest BCUT2D eigenvalue weighted by atomic mass is 35.5. The molecule has 0 aromatic heterocycles. The third kappa shape index (κ3) is 4.14. The van der Waals surface area contributed by atoms with Gasteiger partial charge < -0.3 is 0 Å². The molecule has 1 atom stereocenters. The van der Waals surface area contributed by atoms with E-state index in [1.54, 1.807) is 42.5 Å². The summed E-state index contributed by atoms with van der Waals surface area (Å²) in [6.45, 7) is 3.25. The van der Waals surface area contributed by atoms with Gasteiger partial charge in [0.05, 0.1) is 15.6 Å². The highest BCUT2D eigenvalue weighted by molar-refractivity contribution is 8.53. The van der Waals surface area contributed by atoms with Gasteiger partial charge in [0.2, 0.25) is 5.91 Å². The summed E-state index contributed by atoms with van der Waals surface area (Å²) in [4.78, 5) is 32.4. The monoisotopic (exact) mass is 507 g/mol. The zero-order valence-electron chi connectivity index (χ0n) is 18.3. The Balaban J connectivity index is 2.11. The number of halogens is 2. The molecule has 0 radical (unpaired) electrons. The van der Waals surface area contributed by atoms with E-state index in [0.717, 1.165) is 11.1 Å². The zero-order valence-corrected chi connectivity index (χ0v) is 20.7. The van der Waals surface area contributed by atoms with Gasteiger partial charge in [0.15, 0.2) is 5.17 Å². The molecule has 5 nitrogen and oxygen atoms in total. The van der Waals surface area contributed by atoms with Crippen LogP contribution in [0.25, 0.3) is 6.08 Å². The number of para-hydroxylation sites is 1. The second-order valence-corrected chi connectivity index (χ2v) is 11.1. The van der Waals surface area contributed by atoms with Crippen LogP contribution in [-0.4, -0.2) is 17.0 Å². The number of amidine groups is 1. The molecule has 8 heteroatoms. The van der Waals surface area contributed by atoms with Crippen molar-refractivity contribution in [3.8, 4) is 5.40 Å². The first-order chi connectivity index (χ1) is 16.3. The number of benzene rings is 3. The molecule has 1 heterocycles. The molecule has 1 aliphatic heterocycles. The minimum Gasteiger partial charge on any atom is -0.273 e. The van der Waals surface area contributed by atoms with Crippen molar-refractivity contribution in [2.45, 2.75) is 18.7 Å². The summed E-state index contributed by atoms with van der Waals surface area (Å²) in [6.07, 6.45) is 1.68. The second-order valence-electron chi connectivity index (χ2n) is 7.59. The fraction of sp³-hybridized carbons (Fsp3) is 0.0769. The van der Waals surface area contributed by atoms with E-state index < -0.39 is 21.8 Å². The predicted molar refractivity (Wildman–Crippen MR) is 139 cm³/mol. The Bertz CT molecular complexity index is 1400. The largest absolute Gasteiger partial charge is 0.273 e. The summed E-state index contributed by atoms with van der Waals surface area (Å²) in [5, 5.41) is 13.7. The van der Waals surface area contributed by atoms with Crippen molar-refractivity contribution in [3.63, 3.8) is 0 Å². The molecule has 170 valence electrons. The van der Waals surface area contributed by atoms with E-state index in [2.05, 4.69) is 10.4 Å². The van der Waals surface area contributed by atoms with E-state index in [9.17, 15) is 14.9 Å². The van der Waals surface area contributed by atoms with Crippen molar-refractivity contribution in [1.82, 2.24) is 0 Å². The van der Waals surface area contributed by atoms with Crippen LogP contribution in [0, 0.1) is 17.6 Å². The van der Waals surface area contributed by atoms with Crippen molar-refractivity contribution >= 4 is 62.0 Å². The normalized spacial score (nSPS) is 22.0. The average molecular weight is 508 g/mol. The van der Waals surface area contributed by atoms with Crippen LogP contribution in [0.5, 0.6) is 0 Å². The summed E-state index contributed by atoms with van der Waals surface area (Å²) >= 11 is 12.7. The van der Waals surface area contributed by atoms with Crippen LogP contribution >= 0.6 is 33.2 Å². The molecule has 1 fully saturated rings. The van der Waals surface area contributed by atoms with E-state index in [-0.39, 0.29) is 15.1 Å². The fourth-order valence-electron chi connectivity index (χ4n) is 3.66. The van der Waals surface area contributed by atoms with Gasteiger partial charge >= 0.3 is 0 Å². The maximum atomic E-state index is 14.0. The van der Waals surface area contributed by atoms with E-state index >= 15 is 0 Å². The molecule has 0 bridgehead atoms. The molecule has 1 aliphatic rings. The maximum absolute atomic E-state index is 14.0. The molecule has 0 spiro atoms. The number of nitrogens with zero attached hydrogens (tertiary/aromatic N) is 3. The number of carbonyl (C=O) groups excluding carboxylic acids is 2. The first-order valence-electron chi connectivity index (χ1n) is 10.2. The first kappa shape index (κ1) is 23.8. The van der Waals surface area contributed by atoms with Crippen molar-refractivity contribution < 1.29 is 9.59 Å². The summed E-state index contributed by atoms with van der Waals surface area (Å²) in [7, 11) is -2.98. The molecule has 0 N–H and O–H groups in total. The Morgan fingerprint density at radius 2 is 1.74 bits per heavy atom. The molecule has 4 rings (SSSR count). The van der Waals surface area contributed by atoms with E-state index in [4.69, 9.17) is 23.2 Å². The second kappa shape index (κ2) is 9.47. The van der Waals surface area contributed by atoms with Crippen LogP contribution in [-0.2, 0) is 9.59 Å². The lowest BCUT2D eigenvalue weighted by molar-refractivity contribution is -0.115. The lowest BCUT2D eigenvalue weighted by atomic mass is 10.1. The Morgan fingerprint density at radius 1 is 1.06 bits per heavy atom. The van der Waals surface area contributed by atoms with Gasteiger partial charge in [0.25, 0.3) is 5.91 Å². The molecule has 0 aliphatic carbocycles. The number of nitriles is 1. The Labute approximate surface area is 209 Å². The molecule has 0 saturated carbocycles. The van der Waals surface area contributed by atoms with Crippen molar-refractivity contribution in [1.29, 1.82) is 5.26 Å².